The van der Waals surface area contributed by atoms with Gasteiger partial charge in [0.2, 0.25) is 5.91 Å². The minimum Gasteiger partial charge on any atom is -0.458 e. The number of rotatable bonds is 4. The highest BCUT2D eigenvalue weighted by atomic mass is 32.2. The van der Waals surface area contributed by atoms with Crippen molar-refractivity contribution in [3.63, 3.8) is 0 Å². The molecule has 6 nitrogen and oxygen atoms in total. The van der Waals surface area contributed by atoms with Gasteiger partial charge in [-0.2, -0.15) is 0 Å². The van der Waals surface area contributed by atoms with Crippen LogP contribution in [0.25, 0.3) is 0 Å². The Bertz CT molecular complexity index is 486. The summed E-state index contributed by atoms with van der Waals surface area (Å²) in [7, 11) is 0. The van der Waals surface area contributed by atoms with Gasteiger partial charge in [0.05, 0.1) is 0 Å². The van der Waals surface area contributed by atoms with Crippen LogP contribution in [0.15, 0.2) is 0 Å². The van der Waals surface area contributed by atoms with Crippen molar-refractivity contribution in [2.24, 2.45) is 5.92 Å². The molecule has 0 spiro atoms. The van der Waals surface area contributed by atoms with Gasteiger partial charge in [0.1, 0.15) is 11.6 Å². The summed E-state index contributed by atoms with van der Waals surface area (Å²) >= 11 is 1.96. The molecule has 124 valence electrons. The Morgan fingerprint density at radius 3 is 2.50 bits per heavy atom. The van der Waals surface area contributed by atoms with Crippen LogP contribution in [0.2, 0.25) is 0 Å². The Hall–Kier alpha value is -1.02. The highest BCUT2D eigenvalue weighted by molar-refractivity contribution is 8.14. The average molecular weight is 347 g/mol. The number of thioether (sulfide) groups is 2. The number of imide groups is 1. The molecule has 0 saturated carbocycles. The molecule has 0 aliphatic carbocycles. The first-order chi connectivity index (χ1) is 10.0. The normalized spacial score (nSPS) is 20.0. The molecule has 0 aromatic heterocycles. The maximum Gasteiger partial charge on any atom is 0.330 e. The highest BCUT2D eigenvalue weighted by Gasteiger charge is 2.44. The Labute approximate surface area is 138 Å². The molecular formula is C14H21NO5S2. The van der Waals surface area contributed by atoms with E-state index >= 15 is 0 Å². The molecule has 1 aliphatic heterocycles. The van der Waals surface area contributed by atoms with Crippen molar-refractivity contribution < 1.29 is 23.9 Å². The molecule has 0 bridgehead atoms. The van der Waals surface area contributed by atoms with Crippen LogP contribution in [-0.2, 0) is 19.1 Å². The monoisotopic (exact) mass is 347 g/mol. The van der Waals surface area contributed by atoms with Gasteiger partial charge >= 0.3 is 5.97 Å². The summed E-state index contributed by atoms with van der Waals surface area (Å²) in [5.41, 5.74) is -0.682. The van der Waals surface area contributed by atoms with Crippen molar-refractivity contribution in [3.05, 3.63) is 0 Å². The molecule has 22 heavy (non-hydrogen) atoms. The zero-order valence-electron chi connectivity index (χ0n) is 13.4. The largest absolute Gasteiger partial charge is 0.458 e. The van der Waals surface area contributed by atoms with Crippen molar-refractivity contribution in [3.8, 4) is 0 Å². The lowest BCUT2D eigenvalue weighted by Gasteiger charge is -2.27. The third kappa shape index (κ3) is 5.31. The van der Waals surface area contributed by atoms with Crippen LogP contribution in [0.3, 0.4) is 0 Å². The van der Waals surface area contributed by atoms with Crippen molar-refractivity contribution >= 4 is 45.8 Å². The van der Waals surface area contributed by atoms with Gasteiger partial charge in [0.25, 0.3) is 5.24 Å². The Morgan fingerprint density at radius 2 is 2.00 bits per heavy atom. The number of hydrogen-bond donors (Lipinski definition) is 0. The summed E-state index contributed by atoms with van der Waals surface area (Å²) in [6, 6.07) is -0.894. The van der Waals surface area contributed by atoms with Crippen LogP contribution in [0, 0.1) is 5.92 Å². The molecule has 2 atom stereocenters. The standard InChI is InChI=1S/C14H21NO5S2/c1-8(6-21-9(2)16)11(17)15-10(7-22-13(15)19)12(18)20-14(3,4)5/h8,10H,6-7H2,1-5H3/t8-,10+/m1/s1. The summed E-state index contributed by atoms with van der Waals surface area (Å²) in [5, 5.41) is -0.536. The molecule has 2 amide bonds. The second kappa shape index (κ2) is 7.50. The molecule has 0 aromatic rings. The molecule has 1 fully saturated rings. The fourth-order valence-corrected chi connectivity index (χ4v) is 3.33. The van der Waals surface area contributed by atoms with E-state index in [4.69, 9.17) is 4.74 Å². The van der Waals surface area contributed by atoms with Gasteiger partial charge in [-0.1, -0.05) is 30.4 Å². The molecule has 0 N–H and O–H groups in total. The van der Waals surface area contributed by atoms with Gasteiger partial charge in [-0.05, 0) is 20.8 Å². The number of esters is 1. The first-order valence-corrected chi connectivity index (χ1v) is 8.86. The predicted molar refractivity (Wildman–Crippen MR) is 86.6 cm³/mol. The van der Waals surface area contributed by atoms with Crippen LogP contribution in [0.5, 0.6) is 0 Å². The first-order valence-electron chi connectivity index (χ1n) is 6.89. The van der Waals surface area contributed by atoms with E-state index in [2.05, 4.69) is 0 Å². The maximum absolute atomic E-state index is 12.4. The van der Waals surface area contributed by atoms with E-state index in [-0.39, 0.29) is 16.6 Å². The summed E-state index contributed by atoms with van der Waals surface area (Å²) in [5.74, 6) is -1.07. The minimum atomic E-state index is -0.894. The SMILES string of the molecule is CC(=O)SC[C@@H](C)C(=O)N1C(=O)SC[C@H]1C(=O)OC(C)(C)C. The summed E-state index contributed by atoms with van der Waals surface area (Å²) in [6.45, 7) is 8.25. The topological polar surface area (TPSA) is 80.8 Å². The quantitative estimate of drug-likeness (QED) is 0.722. The first kappa shape index (κ1) is 19.0. The van der Waals surface area contributed by atoms with Crippen LogP contribution < -0.4 is 0 Å². The van der Waals surface area contributed by atoms with E-state index in [1.165, 1.54) is 6.92 Å². The van der Waals surface area contributed by atoms with Crippen molar-refractivity contribution in [1.82, 2.24) is 4.90 Å². The van der Waals surface area contributed by atoms with Gasteiger partial charge in [0.15, 0.2) is 5.12 Å². The highest BCUT2D eigenvalue weighted by Crippen LogP contribution is 2.28. The third-order valence-electron chi connectivity index (χ3n) is 2.75. The van der Waals surface area contributed by atoms with Crippen molar-refractivity contribution in [2.75, 3.05) is 11.5 Å². The summed E-state index contributed by atoms with van der Waals surface area (Å²) < 4.78 is 5.27. The molecule has 0 aromatic carbocycles. The Kier molecular flexibility index (Phi) is 6.49. The lowest BCUT2D eigenvalue weighted by molar-refractivity contribution is -0.161. The zero-order valence-corrected chi connectivity index (χ0v) is 15.0. The second-order valence-corrected chi connectivity index (χ2v) is 8.21. The fraction of sp³-hybridized carbons (Fsp3) is 0.714. The third-order valence-corrected chi connectivity index (χ3v) is 4.75. The van der Waals surface area contributed by atoms with Gasteiger partial charge in [-0.25, -0.2) is 4.79 Å². The molecule has 1 saturated heterocycles. The molecule has 0 radical (unpaired) electrons. The van der Waals surface area contributed by atoms with E-state index in [1.54, 1.807) is 27.7 Å². The molecular weight excluding hydrogens is 326 g/mol. The summed E-state index contributed by atoms with van der Waals surface area (Å²) in [6.07, 6.45) is 0. The van der Waals surface area contributed by atoms with Gasteiger partial charge < -0.3 is 4.74 Å². The molecule has 0 unspecified atom stereocenters. The molecule has 1 aliphatic rings. The Morgan fingerprint density at radius 1 is 1.41 bits per heavy atom. The lowest BCUT2D eigenvalue weighted by atomic mass is 10.1. The predicted octanol–water partition coefficient (Wildman–Crippen LogP) is 2.31. The van der Waals surface area contributed by atoms with E-state index in [9.17, 15) is 19.2 Å². The van der Waals surface area contributed by atoms with E-state index < -0.39 is 34.7 Å². The van der Waals surface area contributed by atoms with Crippen LogP contribution in [0.1, 0.15) is 34.6 Å². The zero-order chi connectivity index (χ0) is 17.1. The van der Waals surface area contributed by atoms with E-state index in [0.29, 0.717) is 0 Å². The van der Waals surface area contributed by atoms with Crippen molar-refractivity contribution in [2.45, 2.75) is 46.3 Å². The number of hydrogen-bond acceptors (Lipinski definition) is 7. The molecule has 1 heterocycles. The second-order valence-electron chi connectivity index (χ2n) is 6.04. The number of carbonyl (C=O) groups excluding carboxylic acids is 4. The van der Waals surface area contributed by atoms with Gasteiger partial charge in [0, 0.05) is 24.3 Å². The smallest absolute Gasteiger partial charge is 0.330 e. The maximum atomic E-state index is 12.4. The molecule has 1 rings (SSSR count). The van der Waals surface area contributed by atoms with E-state index in [1.807, 2.05) is 0 Å². The Balaban J connectivity index is 2.80. The minimum absolute atomic E-state index is 0.0922. The summed E-state index contributed by atoms with van der Waals surface area (Å²) in [4.78, 5) is 48.5. The van der Waals surface area contributed by atoms with Crippen LogP contribution in [0.4, 0.5) is 4.79 Å². The lowest BCUT2D eigenvalue weighted by Crippen LogP contribution is -2.48. The van der Waals surface area contributed by atoms with Crippen molar-refractivity contribution in [1.29, 1.82) is 0 Å². The number of nitrogens with zero attached hydrogens (tertiary/aromatic N) is 1. The molecule has 8 heteroatoms. The van der Waals surface area contributed by atoms with Gasteiger partial charge in [-0.15, -0.1) is 0 Å². The number of ether oxygens (including phenoxy) is 1. The fourth-order valence-electron chi connectivity index (χ4n) is 1.76. The van der Waals surface area contributed by atoms with Crippen LogP contribution in [-0.4, -0.2) is 50.3 Å². The van der Waals surface area contributed by atoms with E-state index in [0.717, 1.165) is 28.4 Å². The van der Waals surface area contributed by atoms with Crippen LogP contribution >= 0.6 is 23.5 Å². The number of carbonyl (C=O) groups is 4. The average Bonchev–Trinajstić information content (AvgIpc) is 2.75. The van der Waals surface area contributed by atoms with Gasteiger partial charge in [-0.3, -0.25) is 19.3 Å². The number of amides is 2.